The van der Waals surface area contributed by atoms with Crippen molar-refractivity contribution in [2.45, 2.75) is 26.4 Å². The molecule has 1 atom stereocenters. The van der Waals surface area contributed by atoms with Gasteiger partial charge in [0, 0.05) is 45.5 Å². The molecule has 0 saturated carbocycles. The van der Waals surface area contributed by atoms with E-state index < -0.39 is 5.82 Å². The molecular weight excluding hydrogens is 524 g/mol. The third kappa shape index (κ3) is 7.86. The average molecular weight is 557 g/mol. The quantitative estimate of drug-likeness (QED) is 0.294. The van der Waals surface area contributed by atoms with Crippen molar-refractivity contribution in [1.29, 1.82) is 0 Å². The van der Waals surface area contributed by atoms with Crippen molar-refractivity contribution in [1.82, 2.24) is 20.5 Å². The molecule has 9 heteroatoms. The van der Waals surface area contributed by atoms with Crippen LogP contribution in [-0.4, -0.2) is 61.8 Å². The van der Waals surface area contributed by atoms with Crippen LogP contribution in [0.5, 0.6) is 11.5 Å². The first-order chi connectivity index (χ1) is 15.1. The van der Waals surface area contributed by atoms with Gasteiger partial charge in [-0.25, -0.2) is 4.39 Å². The van der Waals surface area contributed by atoms with Crippen molar-refractivity contribution in [2.75, 3.05) is 39.9 Å². The van der Waals surface area contributed by atoms with Crippen molar-refractivity contribution < 1.29 is 13.9 Å². The molecule has 2 aromatic rings. The molecule has 3 rings (SSSR count). The zero-order valence-corrected chi connectivity index (χ0v) is 21.2. The van der Waals surface area contributed by atoms with E-state index in [4.69, 9.17) is 9.47 Å². The highest BCUT2D eigenvalue weighted by Gasteiger charge is 2.23. The van der Waals surface area contributed by atoms with Crippen LogP contribution in [0.3, 0.4) is 0 Å². The van der Waals surface area contributed by atoms with E-state index in [0.717, 1.165) is 38.4 Å². The molecule has 0 radical (unpaired) electrons. The molecule has 1 aliphatic heterocycles. The van der Waals surface area contributed by atoms with E-state index in [0.29, 0.717) is 30.2 Å². The smallest absolute Gasteiger partial charge is 0.191 e. The normalized spacial score (nSPS) is 15.7. The summed E-state index contributed by atoms with van der Waals surface area (Å²) in [5.74, 6) is 1.44. The number of pyridine rings is 1. The van der Waals surface area contributed by atoms with Gasteiger partial charge in [-0.3, -0.25) is 14.9 Å². The summed E-state index contributed by atoms with van der Waals surface area (Å²) in [5, 5.41) is 6.67. The summed E-state index contributed by atoms with van der Waals surface area (Å²) in [4.78, 5) is 10.7. The van der Waals surface area contributed by atoms with E-state index in [1.807, 2.05) is 6.07 Å². The van der Waals surface area contributed by atoms with Gasteiger partial charge < -0.3 is 20.1 Å². The molecule has 0 aliphatic carbocycles. The Morgan fingerprint density at radius 1 is 1.25 bits per heavy atom. The number of nitrogens with one attached hydrogen (secondary N) is 2. The average Bonchev–Trinajstić information content (AvgIpc) is 2.79. The Morgan fingerprint density at radius 3 is 2.66 bits per heavy atom. The van der Waals surface area contributed by atoms with Crippen molar-refractivity contribution in [2.24, 2.45) is 10.9 Å². The number of aromatic nitrogens is 1. The summed E-state index contributed by atoms with van der Waals surface area (Å²) < 4.78 is 25.5. The first-order valence-corrected chi connectivity index (χ1v) is 10.7. The number of hydrogen-bond acceptors (Lipinski definition) is 5. The highest BCUT2D eigenvalue weighted by molar-refractivity contribution is 14.0. The molecule has 32 heavy (non-hydrogen) atoms. The molecule has 2 N–H and O–H groups in total. The number of rotatable bonds is 8. The Kier molecular flexibility index (Phi) is 11.1. The Hall–Kier alpha value is -1.98. The number of hydrogen-bond donors (Lipinski definition) is 2. The first-order valence-electron chi connectivity index (χ1n) is 10.7. The zero-order chi connectivity index (χ0) is 22.1. The summed E-state index contributed by atoms with van der Waals surface area (Å²) in [6.07, 6.45) is 3.19. The molecule has 1 fully saturated rings. The van der Waals surface area contributed by atoms with Gasteiger partial charge in [-0.05, 0) is 35.7 Å². The van der Waals surface area contributed by atoms with Crippen molar-refractivity contribution >= 4 is 29.9 Å². The van der Waals surface area contributed by atoms with Crippen LogP contribution in [0.25, 0.3) is 0 Å². The third-order valence-corrected chi connectivity index (χ3v) is 5.30. The molecule has 1 unspecified atom stereocenters. The minimum Gasteiger partial charge on any atom is -0.453 e. The van der Waals surface area contributed by atoms with Crippen LogP contribution in [0.15, 0.2) is 47.7 Å². The molecule has 2 heterocycles. The van der Waals surface area contributed by atoms with E-state index >= 15 is 0 Å². The maximum Gasteiger partial charge on any atom is 0.191 e. The van der Waals surface area contributed by atoms with Crippen LogP contribution in [-0.2, 0) is 11.3 Å². The van der Waals surface area contributed by atoms with Crippen molar-refractivity contribution in [3.63, 3.8) is 0 Å². The van der Waals surface area contributed by atoms with Gasteiger partial charge in [0.15, 0.2) is 17.5 Å². The van der Waals surface area contributed by atoms with Gasteiger partial charge in [0.2, 0.25) is 0 Å². The fourth-order valence-electron chi connectivity index (χ4n) is 3.57. The summed E-state index contributed by atoms with van der Waals surface area (Å²) in [6.45, 7) is 9.15. The van der Waals surface area contributed by atoms with Gasteiger partial charge in [-0.2, -0.15) is 0 Å². The standard InChI is InChI=1S/C23H32FN5O2.HI/c1-17(2)21(29-9-11-30-12-10-29)16-28-23(25-3)27-14-18-6-7-22(20(24)13-18)31-19-5-4-8-26-15-19;/h4-8,13,15,17,21H,9-12,14,16H2,1-3H3,(H2,25,27,28);1H. The third-order valence-electron chi connectivity index (χ3n) is 5.30. The molecule has 0 amide bonds. The van der Waals surface area contributed by atoms with Gasteiger partial charge in [0.05, 0.1) is 19.4 Å². The van der Waals surface area contributed by atoms with E-state index in [1.54, 1.807) is 37.6 Å². The fraction of sp³-hybridized carbons (Fsp3) is 0.478. The SMILES string of the molecule is CN=C(NCc1ccc(Oc2cccnc2)c(F)c1)NCC(C(C)C)N1CCOCC1.I. The van der Waals surface area contributed by atoms with Gasteiger partial charge in [-0.15, -0.1) is 24.0 Å². The van der Waals surface area contributed by atoms with Crippen LogP contribution < -0.4 is 15.4 Å². The van der Waals surface area contributed by atoms with Gasteiger partial charge in [0.1, 0.15) is 5.75 Å². The number of halogens is 2. The maximum atomic E-state index is 14.5. The lowest BCUT2D eigenvalue weighted by molar-refractivity contribution is 0.00752. The number of ether oxygens (including phenoxy) is 2. The molecule has 1 aliphatic rings. The summed E-state index contributed by atoms with van der Waals surface area (Å²) in [5.41, 5.74) is 0.799. The van der Waals surface area contributed by atoms with Crippen LogP contribution >= 0.6 is 24.0 Å². The summed E-state index contributed by atoms with van der Waals surface area (Å²) in [7, 11) is 1.74. The number of aliphatic imine (C=N–C) groups is 1. The van der Waals surface area contributed by atoms with Gasteiger partial charge in [-0.1, -0.05) is 19.9 Å². The van der Waals surface area contributed by atoms with Crippen LogP contribution in [0.2, 0.25) is 0 Å². The number of guanidine groups is 1. The summed E-state index contributed by atoms with van der Waals surface area (Å²) >= 11 is 0. The largest absolute Gasteiger partial charge is 0.453 e. The Balaban J connectivity index is 0.00000363. The lowest BCUT2D eigenvalue weighted by atomic mass is 10.0. The van der Waals surface area contributed by atoms with E-state index in [9.17, 15) is 4.39 Å². The molecule has 1 aromatic carbocycles. The van der Waals surface area contributed by atoms with Crippen LogP contribution in [0.4, 0.5) is 4.39 Å². The minimum atomic E-state index is -0.418. The van der Waals surface area contributed by atoms with Crippen molar-refractivity contribution in [3.05, 3.63) is 54.1 Å². The lowest BCUT2D eigenvalue weighted by Gasteiger charge is -2.37. The Labute approximate surface area is 206 Å². The topological polar surface area (TPSA) is 71.0 Å². The summed E-state index contributed by atoms with van der Waals surface area (Å²) in [6, 6.07) is 8.80. The zero-order valence-electron chi connectivity index (χ0n) is 18.9. The minimum absolute atomic E-state index is 0. The monoisotopic (exact) mass is 557 g/mol. The van der Waals surface area contributed by atoms with Crippen molar-refractivity contribution in [3.8, 4) is 11.5 Å². The Morgan fingerprint density at radius 2 is 2.03 bits per heavy atom. The Bertz CT molecular complexity index is 848. The second-order valence-electron chi connectivity index (χ2n) is 7.82. The molecule has 176 valence electrons. The predicted octanol–water partition coefficient (Wildman–Crippen LogP) is 3.65. The van der Waals surface area contributed by atoms with Gasteiger partial charge >= 0.3 is 0 Å². The van der Waals surface area contributed by atoms with E-state index in [1.165, 1.54) is 6.07 Å². The second kappa shape index (κ2) is 13.5. The van der Waals surface area contributed by atoms with Crippen LogP contribution in [0.1, 0.15) is 19.4 Å². The molecule has 1 saturated heterocycles. The molecule has 7 nitrogen and oxygen atoms in total. The maximum absolute atomic E-state index is 14.5. The lowest BCUT2D eigenvalue weighted by Crippen LogP contribution is -2.52. The molecule has 1 aromatic heterocycles. The highest BCUT2D eigenvalue weighted by atomic mass is 127. The number of benzene rings is 1. The molecule has 0 spiro atoms. The van der Waals surface area contributed by atoms with E-state index in [-0.39, 0.29) is 29.7 Å². The van der Waals surface area contributed by atoms with Crippen LogP contribution in [0, 0.1) is 11.7 Å². The first kappa shape index (κ1) is 26.3. The fourth-order valence-corrected chi connectivity index (χ4v) is 3.57. The molecular formula is C23H33FIN5O2. The molecule has 0 bridgehead atoms. The predicted molar refractivity (Wildman–Crippen MR) is 135 cm³/mol. The number of morpholine rings is 1. The second-order valence-corrected chi connectivity index (χ2v) is 7.82. The highest BCUT2D eigenvalue weighted by Crippen LogP contribution is 2.24. The number of nitrogens with zero attached hydrogens (tertiary/aromatic N) is 3. The van der Waals surface area contributed by atoms with E-state index in [2.05, 4.69) is 39.4 Å². The van der Waals surface area contributed by atoms with Gasteiger partial charge in [0.25, 0.3) is 0 Å².